The highest BCUT2D eigenvalue weighted by atomic mass is 35.5. The molecule has 2 aromatic rings. The van der Waals surface area contributed by atoms with Crippen LogP contribution in [0.15, 0.2) is 42.5 Å². The molecule has 0 saturated heterocycles. The smallest absolute Gasteiger partial charge is 0.163 e. The Morgan fingerprint density at radius 3 is 1.45 bits per heavy atom. The van der Waals surface area contributed by atoms with E-state index in [2.05, 4.69) is 5.73 Å². The van der Waals surface area contributed by atoms with E-state index in [1.807, 2.05) is 24.3 Å². The zero-order valence-electron chi connectivity index (χ0n) is 17.6. The van der Waals surface area contributed by atoms with Crippen molar-refractivity contribution in [1.29, 1.82) is 0 Å². The average Bonchev–Trinajstić information content (AvgIpc) is 2.75. The van der Waals surface area contributed by atoms with Crippen LogP contribution in [0.5, 0.6) is 23.0 Å². The van der Waals surface area contributed by atoms with Crippen LogP contribution in [0.1, 0.15) is 0 Å². The summed E-state index contributed by atoms with van der Waals surface area (Å²) in [5.74, 6) is 2.53. The van der Waals surface area contributed by atoms with Gasteiger partial charge in [0.15, 0.2) is 23.0 Å². The van der Waals surface area contributed by atoms with Gasteiger partial charge in [-0.3, -0.25) is 0 Å². The van der Waals surface area contributed by atoms with Crippen LogP contribution < -0.4 is 30.4 Å². The maximum Gasteiger partial charge on any atom is 0.163 e. The third-order valence-electron chi connectivity index (χ3n) is 3.76. The fourth-order valence-electron chi connectivity index (χ4n) is 2.49. The zero-order chi connectivity index (χ0) is 20.7. The lowest BCUT2D eigenvalue weighted by Gasteiger charge is -2.16. The Morgan fingerprint density at radius 2 is 0.935 bits per heavy atom. The molecule has 0 spiro atoms. The van der Waals surface area contributed by atoms with Crippen molar-refractivity contribution in [1.82, 2.24) is 0 Å². The van der Waals surface area contributed by atoms with E-state index in [1.165, 1.54) is 7.05 Å². The number of nitrogens with two attached hydrogens (primary N) is 2. The van der Waals surface area contributed by atoms with Gasteiger partial charge in [-0.2, -0.15) is 0 Å². The van der Waals surface area contributed by atoms with Gasteiger partial charge in [0.25, 0.3) is 0 Å². The second-order valence-corrected chi connectivity index (χ2v) is 5.77. The molecule has 1 aliphatic heterocycles. The van der Waals surface area contributed by atoms with Crippen LogP contribution in [0.25, 0.3) is 0 Å². The molecule has 31 heavy (non-hydrogen) atoms. The molecule has 10 heteroatoms. The van der Waals surface area contributed by atoms with Crippen molar-refractivity contribution >= 4 is 30.5 Å². The fourth-order valence-corrected chi connectivity index (χ4v) is 2.49. The minimum Gasteiger partial charge on any atom is -0.487 e. The van der Waals surface area contributed by atoms with E-state index >= 15 is 0 Å². The van der Waals surface area contributed by atoms with Crippen molar-refractivity contribution in [2.75, 3.05) is 65.6 Å². The van der Waals surface area contributed by atoms with Gasteiger partial charge in [0.05, 0.1) is 26.4 Å². The van der Waals surface area contributed by atoms with E-state index in [4.69, 9.17) is 34.2 Å². The highest BCUT2D eigenvalue weighted by Crippen LogP contribution is 2.30. The van der Waals surface area contributed by atoms with Crippen molar-refractivity contribution in [2.45, 2.75) is 0 Å². The number of nitrogen functional groups attached to an aromatic ring is 1. The molecule has 0 atom stereocenters. The molecule has 0 saturated carbocycles. The van der Waals surface area contributed by atoms with Gasteiger partial charge in [-0.15, -0.1) is 24.8 Å². The van der Waals surface area contributed by atoms with E-state index in [9.17, 15) is 0 Å². The standard InChI is InChI=1S/C20H25NO6.CH5N.2ClH/c21-16-5-6-19-20(15-16)27-14-13-26-18-4-2-1-3-17(18)24-11-9-22-7-8-23-10-12-25-19;1-2;;/h1-6,15H,7-14,21H2;2H2,1H3;2*1H. The molecular formula is C21H32Cl2N2O6. The second kappa shape index (κ2) is 17.6. The van der Waals surface area contributed by atoms with Crippen LogP contribution in [-0.2, 0) is 9.47 Å². The molecule has 1 aliphatic rings. The molecule has 0 bridgehead atoms. The number of rotatable bonds is 0. The zero-order valence-corrected chi connectivity index (χ0v) is 19.3. The number of halogens is 2. The number of fused-ring (bicyclic) bond motifs is 2. The molecule has 4 N–H and O–H groups in total. The lowest BCUT2D eigenvalue weighted by molar-refractivity contribution is 0.0264. The molecule has 3 rings (SSSR count). The van der Waals surface area contributed by atoms with Crippen LogP contribution >= 0.6 is 24.8 Å². The normalized spacial score (nSPS) is 14.8. The quantitative estimate of drug-likeness (QED) is 0.556. The van der Waals surface area contributed by atoms with E-state index < -0.39 is 0 Å². The number of hydrogen-bond acceptors (Lipinski definition) is 8. The summed E-state index contributed by atoms with van der Waals surface area (Å²) in [7, 11) is 1.50. The van der Waals surface area contributed by atoms with E-state index in [0.717, 1.165) is 0 Å². The van der Waals surface area contributed by atoms with Gasteiger partial charge in [0, 0.05) is 11.8 Å². The minimum absolute atomic E-state index is 0. The summed E-state index contributed by atoms with van der Waals surface area (Å²) >= 11 is 0. The van der Waals surface area contributed by atoms with Gasteiger partial charge in [-0.25, -0.2) is 0 Å². The third kappa shape index (κ3) is 10.7. The SMILES string of the molecule is CN.Cl.Cl.Nc1ccc2c(c1)OCCOc1ccccc1OCCOCCOCCO2. The van der Waals surface area contributed by atoms with Gasteiger partial charge in [-0.1, -0.05) is 12.1 Å². The van der Waals surface area contributed by atoms with Crippen LogP contribution in [0.2, 0.25) is 0 Å². The Kier molecular flexibility index (Phi) is 16.4. The first kappa shape index (κ1) is 28.9. The number of para-hydroxylation sites is 2. The number of anilines is 1. The molecule has 0 aliphatic carbocycles. The van der Waals surface area contributed by atoms with Crippen molar-refractivity contribution < 1.29 is 28.4 Å². The van der Waals surface area contributed by atoms with Gasteiger partial charge in [0.1, 0.15) is 26.4 Å². The van der Waals surface area contributed by atoms with Gasteiger partial charge >= 0.3 is 0 Å². The number of hydrogen-bond donors (Lipinski definition) is 2. The molecule has 8 nitrogen and oxygen atoms in total. The summed E-state index contributed by atoms with van der Waals surface area (Å²) < 4.78 is 34.1. The first-order valence-corrected chi connectivity index (χ1v) is 9.56. The van der Waals surface area contributed by atoms with Crippen molar-refractivity contribution in [2.24, 2.45) is 5.73 Å². The summed E-state index contributed by atoms with van der Waals surface area (Å²) in [4.78, 5) is 0. The predicted molar refractivity (Wildman–Crippen MR) is 126 cm³/mol. The van der Waals surface area contributed by atoms with Crippen LogP contribution in [0.3, 0.4) is 0 Å². The maximum atomic E-state index is 5.85. The molecule has 0 aromatic heterocycles. The Labute approximate surface area is 195 Å². The molecule has 0 amide bonds. The third-order valence-corrected chi connectivity index (χ3v) is 3.76. The summed E-state index contributed by atoms with van der Waals surface area (Å²) in [6.07, 6.45) is 0. The van der Waals surface area contributed by atoms with Crippen LogP contribution in [0, 0.1) is 0 Å². The average molecular weight is 479 g/mol. The molecule has 176 valence electrons. The lowest BCUT2D eigenvalue weighted by atomic mass is 10.3. The van der Waals surface area contributed by atoms with E-state index in [0.29, 0.717) is 81.5 Å². The molecular weight excluding hydrogens is 447 g/mol. The van der Waals surface area contributed by atoms with E-state index in [1.54, 1.807) is 18.2 Å². The fraction of sp³-hybridized carbons (Fsp3) is 0.429. The van der Waals surface area contributed by atoms with Crippen molar-refractivity contribution in [3.8, 4) is 23.0 Å². The summed E-state index contributed by atoms with van der Waals surface area (Å²) in [6.45, 7) is 3.47. The maximum absolute atomic E-state index is 5.85. The minimum atomic E-state index is 0. The summed E-state index contributed by atoms with van der Waals surface area (Å²) in [5, 5.41) is 0. The Bertz CT molecular complexity index is 724. The second-order valence-electron chi connectivity index (χ2n) is 5.77. The first-order chi connectivity index (χ1) is 14.3. The highest BCUT2D eigenvalue weighted by molar-refractivity contribution is 5.85. The van der Waals surface area contributed by atoms with Gasteiger partial charge in [-0.05, 0) is 31.3 Å². The van der Waals surface area contributed by atoms with Crippen molar-refractivity contribution in [3.63, 3.8) is 0 Å². The number of benzene rings is 2. The molecule has 0 radical (unpaired) electrons. The molecule has 0 fully saturated rings. The van der Waals surface area contributed by atoms with E-state index in [-0.39, 0.29) is 24.8 Å². The summed E-state index contributed by atoms with van der Waals surface area (Å²) in [5.41, 5.74) is 11.0. The highest BCUT2D eigenvalue weighted by Gasteiger charge is 2.08. The lowest BCUT2D eigenvalue weighted by Crippen LogP contribution is -2.15. The monoisotopic (exact) mass is 478 g/mol. The largest absolute Gasteiger partial charge is 0.487 e. The van der Waals surface area contributed by atoms with Gasteiger partial charge < -0.3 is 39.9 Å². The van der Waals surface area contributed by atoms with Crippen LogP contribution in [-0.4, -0.2) is 59.9 Å². The molecule has 1 heterocycles. The Hall–Kier alpha value is -2.10. The molecule has 0 unspecified atom stereocenters. The topological polar surface area (TPSA) is 107 Å². The van der Waals surface area contributed by atoms with Gasteiger partial charge in [0.2, 0.25) is 0 Å². The summed E-state index contributed by atoms with van der Waals surface area (Å²) in [6, 6.07) is 12.8. The Balaban J connectivity index is 0.00000219. The Morgan fingerprint density at radius 1 is 0.548 bits per heavy atom. The van der Waals surface area contributed by atoms with Crippen LogP contribution in [0.4, 0.5) is 5.69 Å². The van der Waals surface area contributed by atoms with Crippen molar-refractivity contribution in [3.05, 3.63) is 42.5 Å². The molecule has 2 aromatic carbocycles. The number of ether oxygens (including phenoxy) is 6. The predicted octanol–water partition coefficient (Wildman–Crippen LogP) is 2.95. The first-order valence-electron chi connectivity index (χ1n) is 9.56.